The van der Waals surface area contributed by atoms with Crippen LogP contribution in [0, 0.1) is 5.82 Å². The average molecular weight is 330 g/mol. The molecule has 2 N–H and O–H groups in total. The maximum absolute atomic E-state index is 13.2. The number of nitrogens with two attached hydrogens (primary N) is 1. The van der Waals surface area contributed by atoms with Crippen molar-refractivity contribution in [2.75, 3.05) is 0 Å². The maximum Gasteiger partial charge on any atom is 0.124 e. The van der Waals surface area contributed by atoms with Gasteiger partial charge in [-0.05, 0) is 52.5 Å². The summed E-state index contributed by atoms with van der Waals surface area (Å²) in [4.78, 5) is 1.09. The smallest absolute Gasteiger partial charge is 0.124 e. The largest absolute Gasteiger partial charge is 0.488 e. The second-order valence-electron chi connectivity index (χ2n) is 3.95. The van der Waals surface area contributed by atoms with Gasteiger partial charge in [0.1, 0.15) is 18.2 Å². The summed E-state index contributed by atoms with van der Waals surface area (Å²) in [6.45, 7) is 2.26. The molecule has 0 fully saturated rings. The molecule has 1 heterocycles. The number of halogens is 2. The van der Waals surface area contributed by atoms with Crippen LogP contribution in [0.4, 0.5) is 4.39 Å². The van der Waals surface area contributed by atoms with Crippen LogP contribution in [0.3, 0.4) is 0 Å². The van der Waals surface area contributed by atoms with Gasteiger partial charge in [-0.15, -0.1) is 11.3 Å². The fourth-order valence-corrected chi connectivity index (χ4v) is 2.96. The molecule has 0 bridgehead atoms. The third-order valence-electron chi connectivity index (χ3n) is 2.51. The Morgan fingerprint density at radius 2 is 2.22 bits per heavy atom. The lowest BCUT2D eigenvalue weighted by atomic mass is 10.1. The van der Waals surface area contributed by atoms with Gasteiger partial charge < -0.3 is 10.5 Å². The Bertz CT molecular complexity index is 542. The Morgan fingerprint density at radius 1 is 1.44 bits per heavy atom. The number of hydrogen-bond donors (Lipinski definition) is 1. The van der Waals surface area contributed by atoms with Gasteiger partial charge in [-0.1, -0.05) is 0 Å². The number of ether oxygens (including phenoxy) is 1. The zero-order chi connectivity index (χ0) is 13.1. The summed E-state index contributed by atoms with van der Waals surface area (Å²) in [5.74, 6) is 0.332. The van der Waals surface area contributed by atoms with Gasteiger partial charge >= 0.3 is 0 Å². The Morgan fingerprint density at radius 3 is 2.83 bits per heavy atom. The zero-order valence-corrected chi connectivity index (χ0v) is 12.2. The highest BCUT2D eigenvalue weighted by Crippen LogP contribution is 2.28. The van der Waals surface area contributed by atoms with Crippen molar-refractivity contribution in [3.63, 3.8) is 0 Å². The number of thiophene rings is 1. The van der Waals surface area contributed by atoms with Crippen LogP contribution in [0.25, 0.3) is 0 Å². The molecule has 0 amide bonds. The van der Waals surface area contributed by atoms with Gasteiger partial charge in [-0.3, -0.25) is 0 Å². The van der Waals surface area contributed by atoms with E-state index < -0.39 is 0 Å². The fraction of sp³-hybridized carbons (Fsp3) is 0.231. The summed E-state index contributed by atoms with van der Waals surface area (Å²) in [6, 6.07) is 6.13. The van der Waals surface area contributed by atoms with Crippen LogP contribution in [-0.4, -0.2) is 0 Å². The number of benzene rings is 1. The standard InChI is InChI=1S/C13H13BrFNOS/c1-8(16)10-6-9(15)2-3-12(10)17-7-13-11(14)4-5-18-13/h2-6,8H,7,16H2,1H3. The minimum absolute atomic E-state index is 0.262. The fourth-order valence-electron chi connectivity index (χ4n) is 1.58. The van der Waals surface area contributed by atoms with Crippen molar-refractivity contribution in [1.29, 1.82) is 0 Å². The minimum Gasteiger partial charge on any atom is -0.488 e. The van der Waals surface area contributed by atoms with E-state index in [0.717, 1.165) is 9.35 Å². The zero-order valence-electron chi connectivity index (χ0n) is 9.82. The van der Waals surface area contributed by atoms with E-state index in [4.69, 9.17) is 10.5 Å². The van der Waals surface area contributed by atoms with E-state index in [1.807, 2.05) is 18.4 Å². The molecule has 5 heteroatoms. The lowest BCUT2D eigenvalue weighted by molar-refractivity contribution is 0.303. The quantitative estimate of drug-likeness (QED) is 0.910. The van der Waals surface area contributed by atoms with E-state index in [0.29, 0.717) is 17.9 Å². The molecule has 1 unspecified atom stereocenters. The van der Waals surface area contributed by atoms with Gasteiger partial charge in [0.25, 0.3) is 0 Å². The molecule has 1 aromatic carbocycles. The van der Waals surface area contributed by atoms with Crippen LogP contribution in [0.15, 0.2) is 34.1 Å². The Labute approximate surface area is 118 Å². The van der Waals surface area contributed by atoms with Crippen LogP contribution in [0.1, 0.15) is 23.4 Å². The van der Waals surface area contributed by atoms with Crippen molar-refractivity contribution < 1.29 is 9.13 Å². The predicted molar refractivity (Wildman–Crippen MR) is 75.4 cm³/mol. The Kier molecular flexibility index (Phi) is 4.37. The molecule has 0 aliphatic rings. The van der Waals surface area contributed by atoms with Crippen molar-refractivity contribution in [3.8, 4) is 5.75 Å². The molecule has 2 nitrogen and oxygen atoms in total. The first-order valence-corrected chi connectivity index (χ1v) is 7.15. The molecule has 2 rings (SSSR count). The van der Waals surface area contributed by atoms with Gasteiger partial charge in [0.05, 0.1) is 4.88 Å². The molecule has 0 aliphatic heterocycles. The van der Waals surface area contributed by atoms with Crippen molar-refractivity contribution in [3.05, 3.63) is 50.4 Å². The molecule has 0 radical (unpaired) electrons. The highest BCUT2D eigenvalue weighted by atomic mass is 79.9. The minimum atomic E-state index is -0.299. The maximum atomic E-state index is 13.2. The van der Waals surface area contributed by atoms with Gasteiger partial charge in [-0.25, -0.2) is 4.39 Å². The third-order valence-corrected chi connectivity index (χ3v) is 4.41. The van der Waals surface area contributed by atoms with Gasteiger partial charge in [-0.2, -0.15) is 0 Å². The average Bonchev–Trinajstić information content (AvgIpc) is 2.73. The summed E-state index contributed by atoms with van der Waals surface area (Å²) in [5.41, 5.74) is 6.49. The van der Waals surface area contributed by atoms with E-state index in [1.165, 1.54) is 12.1 Å². The van der Waals surface area contributed by atoms with Crippen molar-refractivity contribution in [2.45, 2.75) is 19.6 Å². The summed E-state index contributed by atoms with van der Waals surface area (Å²) >= 11 is 5.05. The number of hydrogen-bond acceptors (Lipinski definition) is 3. The van der Waals surface area contributed by atoms with E-state index in [2.05, 4.69) is 15.9 Å². The second-order valence-corrected chi connectivity index (χ2v) is 5.81. The van der Waals surface area contributed by atoms with Crippen molar-refractivity contribution >= 4 is 27.3 Å². The Hall–Kier alpha value is -0.910. The first-order chi connectivity index (χ1) is 8.58. The molecule has 1 aromatic heterocycles. The summed E-state index contributed by atoms with van der Waals surface area (Å²) in [7, 11) is 0. The molecule has 2 aromatic rings. The summed E-state index contributed by atoms with van der Waals surface area (Å²) in [6.07, 6.45) is 0. The molecular weight excluding hydrogens is 317 g/mol. The van der Waals surface area contributed by atoms with Crippen LogP contribution in [0.2, 0.25) is 0 Å². The highest BCUT2D eigenvalue weighted by Gasteiger charge is 2.10. The molecule has 1 atom stereocenters. The van der Waals surface area contributed by atoms with E-state index in [1.54, 1.807) is 17.4 Å². The van der Waals surface area contributed by atoms with Crippen LogP contribution >= 0.6 is 27.3 Å². The van der Waals surface area contributed by atoms with E-state index in [9.17, 15) is 4.39 Å². The molecule has 96 valence electrons. The lowest BCUT2D eigenvalue weighted by Crippen LogP contribution is -2.08. The summed E-state index contributed by atoms with van der Waals surface area (Å²) < 4.78 is 19.9. The third kappa shape index (κ3) is 3.10. The molecular formula is C13H13BrFNOS. The van der Waals surface area contributed by atoms with Crippen molar-refractivity contribution in [1.82, 2.24) is 0 Å². The monoisotopic (exact) mass is 329 g/mol. The van der Waals surface area contributed by atoms with Gasteiger partial charge in [0, 0.05) is 16.1 Å². The molecule has 0 aliphatic carbocycles. The first kappa shape index (κ1) is 13.5. The first-order valence-electron chi connectivity index (χ1n) is 5.47. The second kappa shape index (κ2) is 5.82. The topological polar surface area (TPSA) is 35.2 Å². The van der Waals surface area contributed by atoms with Crippen molar-refractivity contribution in [2.24, 2.45) is 5.73 Å². The van der Waals surface area contributed by atoms with Crippen LogP contribution < -0.4 is 10.5 Å². The molecule has 18 heavy (non-hydrogen) atoms. The SMILES string of the molecule is CC(N)c1cc(F)ccc1OCc1sccc1Br. The predicted octanol–water partition coefficient (Wildman–Crippen LogP) is 4.25. The van der Waals surface area contributed by atoms with Gasteiger partial charge in [0.2, 0.25) is 0 Å². The van der Waals surface area contributed by atoms with Crippen LogP contribution in [0.5, 0.6) is 5.75 Å². The summed E-state index contributed by atoms with van der Waals surface area (Å²) in [5, 5.41) is 1.99. The van der Waals surface area contributed by atoms with Gasteiger partial charge in [0.15, 0.2) is 0 Å². The van der Waals surface area contributed by atoms with E-state index >= 15 is 0 Å². The number of rotatable bonds is 4. The normalized spacial score (nSPS) is 12.4. The van der Waals surface area contributed by atoms with E-state index in [-0.39, 0.29) is 11.9 Å². The lowest BCUT2D eigenvalue weighted by Gasteiger charge is -2.13. The Balaban J connectivity index is 2.16. The molecule has 0 saturated carbocycles. The molecule has 0 spiro atoms. The highest BCUT2D eigenvalue weighted by molar-refractivity contribution is 9.10. The molecule has 0 saturated heterocycles. The van der Waals surface area contributed by atoms with Crippen LogP contribution in [-0.2, 0) is 6.61 Å².